The minimum atomic E-state index is -0.501. The summed E-state index contributed by atoms with van der Waals surface area (Å²) in [4.78, 5) is 16.3. The number of rotatable bonds is 4. The number of carbonyl (C=O) groups is 1. The van der Waals surface area contributed by atoms with E-state index in [9.17, 15) is 9.18 Å². The van der Waals surface area contributed by atoms with Crippen LogP contribution in [-0.4, -0.2) is 42.5 Å². The van der Waals surface area contributed by atoms with E-state index in [0.29, 0.717) is 16.6 Å². The molecule has 0 amide bonds. The fraction of sp³-hybridized carbons (Fsp3) is 0.286. The summed E-state index contributed by atoms with van der Waals surface area (Å²) in [6.45, 7) is 2.03. The normalized spacial score (nSPS) is 19.3. The lowest BCUT2D eigenvalue weighted by atomic mass is 10.0. The van der Waals surface area contributed by atoms with Gasteiger partial charge in [-0.3, -0.25) is 4.79 Å². The number of nitrogens with one attached hydrogen (secondary N) is 1. The Bertz CT molecular complexity index is 995. The van der Waals surface area contributed by atoms with Crippen LogP contribution in [0.3, 0.4) is 0 Å². The Morgan fingerprint density at radius 1 is 1.27 bits per heavy atom. The molecule has 134 valence electrons. The number of hydrogen-bond donors (Lipinski definition) is 1. The second-order valence-electron chi connectivity index (χ2n) is 7.31. The lowest BCUT2D eigenvalue weighted by molar-refractivity contribution is -0.916. The zero-order valence-corrected chi connectivity index (χ0v) is 15.0. The van der Waals surface area contributed by atoms with Crippen LogP contribution < -0.4 is 4.74 Å². The largest absolute Gasteiger partial charge is 0.494 e. The van der Waals surface area contributed by atoms with E-state index in [1.807, 2.05) is 12.1 Å². The van der Waals surface area contributed by atoms with Crippen LogP contribution in [0, 0.1) is 5.82 Å². The molecule has 1 aromatic heterocycles. The van der Waals surface area contributed by atoms with Crippen molar-refractivity contribution in [1.29, 1.82) is 0 Å². The van der Waals surface area contributed by atoms with E-state index in [2.05, 4.69) is 24.2 Å². The highest BCUT2D eigenvalue weighted by Gasteiger charge is 2.33. The number of ketones is 1. The molecule has 4 rings (SSSR count). The summed E-state index contributed by atoms with van der Waals surface area (Å²) < 4.78 is 19.5. The Labute approximate surface area is 151 Å². The number of nitrogens with zero attached hydrogens (tertiary/aromatic N) is 1. The number of methoxy groups -OCH3 is 1. The number of hydrogen-bond acceptors (Lipinski definition) is 2. The lowest BCUT2D eigenvalue weighted by Crippen LogP contribution is -2.50. The number of likely N-dealkylation sites (N-methyl/N-ethyl adjacent to an activating group) is 1. The highest BCUT2D eigenvalue weighted by atomic mass is 19.1. The van der Waals surface area contributed by atoms with Gasteiger partial charge < -0.3 is 14.2 Å². The Balaban J connectivity index is 1.58. The Kier molecular flexibility index (Phi) is 4.04. The van der Waals surface area contributed by atoms with Crippen molar-refractivity contribution in [1.82, 2.24) is 4.98 Å². The molecule has 4 nitrogen and oxygen atoms in total. The summed E-state index contributed by atoms with van der Waals surface area (Å²) >= 11 is 0. The molecule has 1 atom stereocenters. The van der Waals surface area contributed by atoms with E-state index < -0.39 is 5.82 Å². The maximum absolute atomic E-state index is 13.9. The average molecular weight is 353 g/mol. The van der Waals surface area contributed by atoms with Gasteiger partial charge >= 0.3 is 0 Å². The number of aromatic nitrogens is 1. The van der Waals surface area contributed by atoms with E-state index >= 15 is 0 Å². The van der Waals surface area contributed by atoms with E-state index in [1.54, 1.807) is 6.07 Å². The predicted molar refractivity (Wildman–Crippen MR) is 98.9 cm³/mol. The number of benzene rings is 2. The smallest absolute Gasteiger partial charge is 0.217 e. The minimum Gasteiger partial charge on any atom is -0.494 e. The molecule has 1 aliphatic rings. The molecule has 26 heavy (non-hydrogen) atoms. The monoisotopic (exact) mass is 353 g/mol. The van der Waals surface area contributed by atoms with Crippen LogP contribution in [0.2, 0.25) is 0 Å². The Hall–Kier alpha value is -2.66. The van der Waals surface area contributed by atoms with Gasteiger partial charge in [-0.15, -0.1) is 0 Å². The molecule has 0 aliphatic carbocycles. The molecule has 2 heterocycles. The van der Waals surface area contributed by atoms with Crippen molar-refractivity contribution in [3.8, 4) is 5.75 Å². The van der Waals surface area contributed by atoms with Crippen molar-refractivity contribution in [3.63, 3.8) is 0 Å². The molecule has 0 saturated heterocycles. The van der Waals surface area contributed by atoms with E-state index in [1.165, 1.54) is 35.9 Å². The van der Waals surface area contributed by atoms with Crippen molar-refractivity contribution in [2.24, 2.45) is 0 Å². The third kappa shape index (κ3) is 2.88. The number of quaternary nitrogens is 1. The maximum atomic E-state index is 13.9. The van der Waals surface area contributed by atoms with Crippen molar-refractivity contribution in [3.05, 3.63) is 65.1 Å². The van der Waals surface area contributed by atoms with Crippen molar-refractivity contribution in [2.75, 3.05) is 27.2 Å². The molecular formula is C21H22FN2O2+. The van der Waals surface area contributed by atoms with Gasteiger partial charge in [0.05, 0.1) is 20.7 Å². The highest BCUT2D eigenvalue weighted by molar-refractivity contribution is 5.97. The molecule has 0 spiro atoms. The van der Waals surface area contributed by atoms with Crippen LogP contribution in [0.25, 0.3) is 10.9 Å². The number of para-hydroxylation sites is 1. The summed E-state index contributed by atoms with van der Waals surface area (Å²) in [5.74, 6) is -0.390. The summed E-state index contributed by atoms with van der Waals surface area (Å²) in [6.07, 6.45) is 0.908. The summed E-state index contributed by atoms with van der Waals surface area (Å²) in [5, 5.41) is 1.23. The molecule has 0 bridgehead atoms. The summed E-state index contributed by atoms with van der Waals surface area (Å²) in [5.41, 5.74) is 4.11. The fourth-order valence-corrected chi connectivity index (χ4v) is 3.91. The van der Waals surface area contributed by atoms with E-state index in [4.69, 9.17) is 4.74 Å². The first-order chi connectivity index (χ1) is 12.5. The molecule has 2 aromatic carbocycles. The zero-order valence-electron chi connectivity index (χ0n) is 15.0. The number of halogens is 1. The van der Waals surface area contributed by atoms with Crippen molar-refractivity contribution in [2.45, 2.75) is 13.0 Å². The summed E-state index contributed by atoms with van der Waals surface area (Å²) in [6, 6.07) is 12.7. The Morgan fingerprint density at radius 2 is 2.08 bits per heavy atom. The number of H-pyrrole nitrogens is 1. The SMILES string of the molecule is COc1ccc(C(=O)C[N+]2(C)CCc3[nH]c4ccccc4c3C2)cc1F. The molecule has 0 saturated carbocycles. The third-order valence-corrected chi connectivity index (χ3v) is 5.34. The van der Waals surface area contributed by atoms with Crippen LogP contribution in [0.5, 0.6) is 5.75 Å². The third-order valence-electron chi connectivity index (χ3n) is 5.34. The van der Waals surface area contributed by atoms with Crippen LogP contribution in [0.15, 0.2) is 42.5 Å². The second-order valence-corrected chi connectivity index (χ2v) is 7.31. The maximum Gasteiger partial charge on any atom is 0.217 e. The molecular weight excluding hydrogens is 331 g/mol. The van der Waals surface area contributed by atoms with Crippen molar-refractivity contribution < 1.29 is 18.4 Å². The predicted octanol–water partition coefficient (Wildman–Crippen LogP) is 3.70. The highest BCUT2D eigenvalue weighted by Crippen LogP contribution is 2.30. The molecule has 1 aliphatic heterocycles. The van der Waals surface area contributed by atoms with Gasteiger partial charge in [0, 0.05) is 34.1 Å². The van der Waals surface area contributed by atoms with Gasteiger partial charge in [0.25, 0.3) is 0 Å². The molecule has 3 aromatic rings. The molecule has 0 radical (unpaired) electrons. The first-order valence-corrected chi connectivity index (χ1v) is 8.78. The van der Waals surface area contributed by atoms with Gasteiger partial charge in [0.2, 0.25) is 5.78 Å². The van der Waals surface area contributed by atoms with E-state index in [-0.39, 0.29) is 11.5 Å². The number of carbonyl (C=O) groups excluding carboxylic acids is 1. The number of ether oxygens (including phenoxy) is 1. The molecule has 1 unspecified atom stereocenters. The zero-order chi connectivity index (χ0) is 18.3. The topological polar surface area (TPSA) is 42.1 Å². The number of aromatic amines is 1. The van der Waals surface area contributed by atoms with Crippen LogP contribution >= 0.6 is 0 Å². The molecule has 5 heteroatoms. The van der Waals surface area contributed by atoms with E-state index in [0.717, 1.165) is 25.0 Å². The van der Waals surface area contributed by atoms with Crippen LogP contribution in [-0.2, 0) is 13.0 Å². The lowest BCUT2D eigenvalue weighted by Gasteiger charge is -2.37. The van der Waals surface area contributed by atoms with Gasteiger partial charge in [-0.05, 0) is 24.3 Å². The van der Waals surface area contributed by atoms with Crippen molar-refractivity contribution >= 4 is 16.7 Å². The first kappa shape index (κ1) is 16.8. The minimum absolute atomic E-state index is 0.0441. The van der Waals surface area contributed by atoms with Gasteiger partial charge in [0.1, 0.15) is 13.1 Å². The second kappa shape index (κ2) is 6.25. The van der Waals surface area contributed by atoms with Gasteiger partial charge in [-0.25, -0.2) is 4.39 Å². The van der Waals surface area contributed by atoms with Crippen LogP contribution in [0.1, 0.15) is 21.6 Å². The van der Waals surface area contributed by atoms with Gasteiger partial charge in [0.15, 0.2) is 11.6 Å². The average Bonchev–Trinajstić information content (AvgIpc) is 2.99. The number of Topliss-reactive ketones (excluding diaryl/α,β-unsaturated/α-hetero) is 1. The van der Waals surface area contributed by atoms with Gasteiger partial charge in [-0.2, -0.15) is 0 Å². The molecule has 1 N–H and O–H groups in total. The summed E-state index contributed by atoms with van der Waals surface area (Å²) in [7, 11) is 3.52. The first-order valence-electron chi connectivity index (χ1n) is 8.78. The molecule has 0 fully saturated rings. The fourth-order valence-electron chi connectivity index (χ4n) is 3.91. The van der Waals surface area contributed by atoms with Crippen LogP contribution in [0.4, 0.5) is 4.39 Å². The quantitative estimate of drug-likeness (QED) is 0.574. The van der Waals surface area contributed by atoms with Gasteiger partial charge in [-0.1, -0.05) is 18.2 Å². The Morgan fingerprint density at radius 3 is 2.85 bits per heavy atom. The standard InChI is InChI=1S/C21H22FN2O2/c1-24(13-20(25)14-7-8-21(26-2)17(22)11-14)10-9-19-16(12-24)15-5-3-4-6-18(15)23-19/h3-8,11,23H,9-10,12-13H2,1-2H3/q+1. The number of fused-ring (bicyclic) bond motifs is 3.